The van der Waals surface area contributed by atoms with Crippen molar-refractivity contribution in [1.82, 2.24) is 0 Å². The maximum atomic E-state index is 13.0. The van der Waals surface area contributed by atoms with Gasteiger partial charge in [0.1, 0.15) is 5.82 Å². The fraction of sp³-hybridized carbons (Fsp3) is 0.417. The van der Waals surface area contributed by atoms with Crippen LogP contribution in [-0.4, -0.2) is 13.7 Å². The second-order valence-electron chi connectivity index (χ2n) is 4.21. The second-order valence-corrected chi connectivity index (χ2v) is 6.37. The van der Waals surface area contributed by atoms with Gasteiger partial charge in [-0.3, -0.25) is 0 Å². The van der Waals surface area contributed by atoms with E-state index in [0.717, 1.165) is 12.5 Å². The van der Waals surface area contributed by atoms with Crippen LogP contribution in [0.2, 0.25) is 0 Å². The van der Waals surface area contributed by atoms with Gasteiger partial charge in [-0.2, -0.15) is 5.26 Å². The number of benzene rings is 1. The smallest absolute Gasteiger partial charge is 0.182 e. The first-order chi connectivity index (χ1) is 8.05. The van der Waals surface area contributed by atoms with Crippen LogP contribution < -0.4 is 0 Å². The molecule has 1 aliphatic carbocycles. The maximum absolute atomic E-state index is 13.0. The lowest BCUT2D eigenvalue weighted by molar-refractivity contribution is 0.562. The summed E-state index contributed by atoms with van der Waals surface area (Å²) in [6.07, 6.45) is 1.82. The molecular weight excluding hydrogens is 241 g/mol. The average Bonchev–Trinajstić information content (AvgIpc) is 2.77. The summed E-state index contributed by atoms with van der Waals surface area (Å²) >= 11 is 0. The van der Waals surface area contributed by atoms with Crippen LogP contribution in [0.3, 0.4) is 0 Å². The van der Waals surface area contributed by atoms with Gasteiger partial charge in [0.2, 0.25) is 0 Å². The van der Waals surface area contributed by atoms with Crippen LogP contribution in [0, 0.1) is 23.1 Å². The van der Waals surface area contributed by atoms with Gasteiger partial charge in [-0.05, 0) is 31.0 Å². The Kier molecular flexibility index (Phi) is 3.16. The van der Waals surface area contributed by atoms with Crippen LogP contribution in [0.5, 0.6) is 0 Å². The minimum atomic E-state index is -3.58. The molecule has 1 fully saturated rings. The molecule has 5 heteroatoms. The van der Waals surface area contributed by atoms with Gasteiger partial charge in [-0.15, -0.1) is 0 Å². The van der Waals surface area contributed by atoms with E-state index >= 15 is 0 Å². The first kappa shape index (κ1) is 12.1. The topological polar surface area (TPSA) is 57.9 Å². The van der Waals surface area contributed by atoms with E-state index in [-0.39, 0.29) is 4.90 Å². The molecule has 0 bridgehead atoms. The van der Waals surface area contributed by atoms with Crippen molar-refractivity contribution in [2.24, 2.45) is 5.92 Å². The highest BCUT2D eigenvalue weighted by atomic mass is 32.2. The summed E-state index contributed by atoms with van der Waals surface area (Å²) in [5.74, 6) is -1.04. The molecule has 0 amide bonds. The standard InChI is InChI=1S/C12H12FNO2S/c13-10-4-2-5-11(7-10)17(15,16)12-6-1-3-9(12)8-14/h2,4-5,7,9,12H,1,3,6H2. The first-order valence-electron chi connectivity index (χ1n) is 5.45. The number of sulfone groups is 1. The number of hydrogen-bond donors (Lipinski definition) is 0. The summed E-state index contributed by atoms with van der Waals surface area (Å²) in [5, 5.41) is 8.23. The van der Waals surface area contributed by atoms with Gasteiger partial charge in [-0.25, -0.2) is 12.8 Å². The van der Waals surface area contributed by atoms with E-state index in [9.17, 15) is 12.8 Å². The highest BCUT2D eigenvalue weighted by molar-refractivity contribution is 7.92. The zero-order valence-electron chi connectivity index (χ0n) is 9.14. The lowest BCUT2D eigenvalue weighted by atomic mass is 10.1. The second kappa shape index (κ2) is 4.46. The third kappa shape index (κ3) is 2.18. The average molecular weight is 253 g/mol. The molecule has 0 saturated heterocycles. The first-order valence-corrected chi connectivity index (χ1v) is 6.99. The van der Waals surface area contributed by atoms with Crippen molar-refractivity contribution in [2.75, 3.05) is 0 Å². The molecule has 1 aromatic carbocycles. The van der Waals surface area contributed by atoms with Crippen molar-refractivity contribution in [3.05, 3.63) is 30.1 Å². The molecule has 0 aliphatic heterocycles. The van der Waals surface area contributed by atoms with E-state index < -0.39 is 26.8 Å². The molecule has 2 atom stereocenters. The third-order valence-electron chi connectivity index (χ3n) is 3.14. The molecule has 2 unspecified atom stereocenters. The zero-order valence-corrected chi connectivity index (χ0v) is 9.95. The summed E-state index contributed by atoms with van der Waals surface area (Å²) in [4.78, 5) is -0.0235. The van der Waals surface area contributed by atoms with Gasteiger partial charge < -0.3 is 0 Å². The van der Waals surface area contributed by atoms with Crippen LogP contribution >= 0.6 is 0 Å². The predicted molar refractivity (Wildman–Crippen MR) is 60.3 cm³/mol. The van der Waals surface area contributed by atoms with Gasteiger partial charge in [0, 0.05) is 0 Å². The highest BCUT2D eigenvalue weighted by Crippen LogP contribution is 2.34. The SMILES string of the molecule is N#CC1CCCC1S(=O)(=O)c1cccc(F)c1. The van der Waals surface area contributed by atoms with Gasteiger partial charge >= 0.3 is 0 Å². The summed E-state index contributed by atoms with van der Waals surface area (Å²) in [5.41, 5.74) is 0. The van der Waals surface area contributed by atoms with E-state index in [0.29, 0.717) is 12.8 Å². The summed E-state index contributed by atoms with van der Waals surface area (Å²) in [6, 6.07) is 7.01. The number of hydrogen-bond acceptors (Lipinski definition) is 3. The van der Waals surface area contributed by atoms with Crippen molar-refractivity contribution < 1.29 is 12.8 Å². The van der Waals surface area contributed by atoms with E-state index in [1.165, 1.54) is 18.2 Å². The van der Waals surface area contributed by atoms with E-state index in [4.69, 9.17) is 5.26 Å². The molecule has 2 rings (SSSR count). The lowest BCUT2D eigenvalue weighted by Crippen LogP contribution is -2.24. The zero-order chi connectivity index (χ0) is 12.5. The van der Waals surface area contributed by atoms with Crippen molar-refractivity contribution in [1.29, 1.82) is 5.26 Å². The Bertz CT molecular complexity index is 562. The summed E-state index contributed by atoms with van der Waals surface area (Å²) < 4.78 is 37.5. The predicted octanol–water partition coefficient (Wildman–Crippen LogP) is 2.29. The fourth-order valence-electron chi connectivity index (χ4n) is 2.26. The molecule has 17 heavy (non-hydrogen) atoms. The number of halogens is 1. The molecule has 1 aliphatic rings. The number of rotatable bonds is 2. The van der Waals surface area contributed by atoms with Crippen LogP contribution in [0.4, 0.5) is 4.39 Å². The molecule has 90 valence electrons. The molecule has 0 aromatic heterocycles. The van der Waals surface area contributed by atoms with Crippen LogP contribution in [0.1, 0.15) is 19.3 Å². The van der Waals surface area contributed by atoms with E-state index in [1.54, 1.807) is 0 Å². The Hall–Kier alpha value is -1.41. The quantitative estimate of drug-likeness (QED) is 0.812. The largest absolute Gasteiger partial charge is 0.223 e. The Labute approximate surface area is 99.8 Å². The molecule has 1 saturated carbocycles. The molecule has 0 radical (unpaired) electrons. The van der Waals surface area contributed by atoms with Crippen molar-refractivity contribution in [2.45, 2.75) is 29.4 Å². The monoisotopic (exact) mass is 253 g/mol. The Morgan fingerprint density at radius 2 is 2.12 bits per heavy atom. The highest BCUT2D eigenvalue weighted by Gasteiger charge is 2.38. The van der Waals surface area contributed by atoms with Gasteiger partial charge in [0.25, 0.3) is 0 Å². The molecule has 0 N–H and O–H groups in total. The van der Waals surface area contributed by atoms with Gasteiger partial charge in [0.05, 0.1) is 22.1 Å². The van der Waals surface area contributed by atoms with Crippen LogP contribution in [-0.2, 0) is 9.84 Å². The lowest BCUT2D eigenvalue weighted by Gasteiger charge is -2.14. The number of nitrogens with zero attached hydrogens (tertiary/aromatic N) is 1. The van der Waals surface area contributed by atoms with Gasteiger partial charge in [-0.1, -0.05) is 12.5 Å². The normalized spacial score (nSPS) is 24.5. The van der Waals surface area contributed by atoms with Gasteiger partial charge in [0.15, 0.2) is 9.84 Å². The number of nitriles is 1. The summed E-state index contributed by atoms with van der Waals surface area (Å²) in [6.45, 7) is 0. The Balaban J connectivity index is 2.40. The molecular formula is C12H12FNO2S. The Morgan fingerprint density at radius 1 is 1.35 bits per heavy atom. The minimum Gasteiger partial charge on any atom is -0.223 e. The molecule has 3 nitrogen and oxygen atoms in total. The maximum Gasteiger partial charge on any atom is 0.182 e. The van der Waals surface area contributed by atoms with Crippen LogP contribution in [0.15, 0.2) is 29.2 Å². The molecule has 1 aromatic rings. The van der Waals surface area contributed by atoms with Crippen molar-refractivity contribution in [3.63, 3.8) is 0 Å². The van der Waals surface area contributed by atoms with Crippen LogP contribution in [0.25, 0.3) is 0 Å². The fourth-order valence-corrected chi connectivity index (χ4v) is 4.26. The van der Waals surface area contributed by atoms with Crippen molar-refractivity contribution >= 4 is 9.84 Å². The van der Waals surface area contributed by atoms with Crippen molar-refractivity contribution in [3.8, 4) is 6.07 Å². The molecule has 0 spiro atoms. The van der Waals surface area contributed by atoms with E-state index in [1.807, 2.05) is 6.07 Å². The summed E-state index contributed by atoms with van der Waals surface area (Å²) in [7, 11) is -3.58. The molecule has 0 heterocycles. The third-order valence-corrected chi connectivity index (χ3v) is 5.41. The minimum absolute atomic E-state index is 0.0235. The van der Waals surface area contributed by atoms with E-state index in [2.05, 4.69) is 0 Å². The Morgan fingerprint density at radius 3 is 2.76 bits per heavy atom.